The van der Waals surface area contributed by atoms with Gasteiger partial charge in [0.1, 0.15) is 0 Å². The highest BCUT2D eigenvalue weighted by Crippen LogP contribution is 2.27. The van der Waals surface area contributed by atoms with Crippen molar-refractivity contribution in [2.75, 3.05) is 18.8 Å². The van der Waals surface area contributed by atoms with Crippen molar-refractivity contribution < 1.29 is 4.79 Å². The van der Waals surface area contributed by atoms with Crippen LogP contribution in [0.15, 0.2) is 16.6 Å². The van der Waals surface area contributed by atoms with Gasteiger partial charge in [0.15, 0.2) is 0 Å². The summed E-state index contributed by atoms with van der Waals surface area (Å²) in [5, 5.41) is -0.466. The van der Waals surface area contributed by atoms with Gasteiger partial charge in [-0.2, -0.15) is 0 Å². The molecule has 0 unspecified atom stereocenters. The smallest absolute Gasteiger partial charge is 0.252 e. The third-order valence-electron chi connectivity index (χ3n) is 2.73. The zero-order chi connectivity index (χ0) is 13.0. The molecule has 0 heterocycles. The Kier molecular flexibility index (Phi) is 5.43. The molecule has 1 aromatic carbocycles. The first kappa shape index (κ1) is 14.5. The molecular formula is C12H16BrClN2O. The molecule has 0 bridgehead atoms. The van der Waals surface area contributed by atoms with E-state index in [1.54, 1.807) is 12.1 Å². The van der Waals surface area contributed by atoms with Crippen molar-refractivity contribution in [3.05, 3.63) is 27.7 Å². The molecule has 5 heteroatoms. The second-order valence-electron chi connectivity index (χ2n) is 3.77. The second-order valence-corrected chi connectivity index (χ2v) is 4.96. The Bertz CT molecular complexity index is 419. The van der Waals surface area contributed by atoms with Gasteiger partial charge in [-0.15, -0.1) is 0 Å². The predicted octanol–water partition coefficient (Wildman–Crippen LogP) is 3.25. The number of nitrogens with two attached hydrogens (primary N) is 1. The van der Waals surface area contributed by atoms with E-state index < -0.39 is 5.24 Å². The van der Waals surface area contributed by atoms with E-state index in [0.717, 1.165) is 25.2 Å². The molecule has 0 aliphatic heterocycles. The lowest BCUT2D eigenvalue weighted by Gasteiger charge is -2.20. The third-order valence-corrected chi connectivity index (χ3v) is 3.60. The molecule has 0 aliphatic carbocycles. The van der Waals surface area contributed by atoms with Crippen molar-refractivity contribution in [1.29, 1.82) is 0 Å². The number of halogens is 2. The highest BCUT2D eigenvalue weighted by atomic mass is 79.9. The molecular weight excluding hydrogens is 304 g/mol. The van der Waals surface area contributed by atoms with Gasteiger partial charge in [0.2, 0.25) is 0 Å². The van der Waals surface area contributed by atoms with Crippen molar-refractivity contribution in [2.45, 2.75) is 20.4 Å². The zero-order valence-corrected chi connectivity index (χ0v) is 12.3. The van der Waals surface area contributed by atoms with Crippen LogP contribution in [0.5, 0.6) is 0 Å². The maximum absolute atomic E-state index is 11.2. The lowest BCUT2D eigenvalue weighted by atomic mass is 10.1. The Morgan fingerprint density at radius 2 is 2.00 bits per heavy atom. The number of rotatable bonds is 5. The Morgan fingerprint density at radius 1 is 1.41 bits per heavy atom. The number of nitrogens with zero attached hydrogens (tertiary/aromatic N) is 1. The minimum atomic E-state index is -0.466. The van der Waals surface area contributed by atoms with Crippen molar-refractivity contribution in [2.24, 2.45) is 0 Å². The van der Waals surface area contributed by atoms with E-state index >= 15 is 0 Å². The number of carbonyl (C=O) groups is 1. The first-order valence-corrected chi connectivity index (χ1v) is 6.66. The summed E-state index contributed by atoms with van der Waals surface area (Å²) in [6.45, 7) is 6.77. The lowest BCUT2D eigenvalue weighted by molar-refractivity contribution is 0.108. The number of anilines is 1. The molecule has 0 aliphatic rings. The first-order valence-electron chi connectivity index (χ1n) is 5.49. The summed E-state index contributed by atoms with van der Waals surface area (Å²) in [7, 11) is 0. The van der Waals surface area contributed by atoms with Crippen LogP contribution in [0.4, 0.5) is 5.69 Å². The van der Waals surface area contributed by atoms with Crippen LogP contribution in [0.3, 0.4) is 0 Å². The third kappa shape index (κ3) is 3.69. The van der Waals surface area contributed by atoms with Gasteiger partial charge in [0.25, 0.3) is 5.24 Å². The molecule has 1 rings (SSSR count). The SMILES string of the molecule is CCN(CC)Cc1cc(C(=O)Cl)cc(Br)c1N. The van der Waals surface area contributed by atoms with Crippen molar-refractivity contribution >= 4 is 38.5 Å². The topological polar surface area (TPSA) is 46.3 Å². The average molecular weight is 320 g/mol. The van der Waals surface area contributed by atoms with Gasteiger partial charge in [-0.1, -0.05) is 13.8 Å². The van der Waals surface area contributed by atoms with Crippen LogP contribution < -0.4 is 5.73 Å². The van der Waals surface area contributed by atoms with Gasteiger partial charge in [-0.3, -0.25) is 9.69 Å². The molecule has 17 heavy (non-hydrogen) atoms. The summed E-state index contributed by atoms with van der Waals surface area (Å²) in [5.41, 5.74) is 8.04. The second kappa shape index (κ2) is 6.38. The number of hydrogen-bond acceptors (Lipinski definition) is 3. The summed E-state index contributed by atoms with van der Waals surface area (Å²) in [6, 6.07) is 3.41. The average Bonchev–Trinajstić information content (AvgIpc) is 2.30. The van der Waals surface area contributed by atoms with E-state index in [1.165, 1.54) is 0 Å². The number of carbonyl (C=O) groups excluding carboxylic acids is 1. The molecule has 0 amide bonds. The molecule has 0 atom stereocenters. The molecule has 0 saturated carbocycles. The quantitative estimate of drug-likeness (QED) is 0.669. The Labute approximate surface area is 115 Å². The molecule has 0 spiro atoms. The van der Waals surface area contributed by atoms with Crippen LogP contribution in [-0.4, -0.2) is 23.2 Å². The van der Waals surface area contributed by atoms with E-state index in [-0.39, 0.29) is 0 Å². The molecule has 3 nitrogen and oxygen atoms in total. The van der Waals surface area contributed by atoms with E-state index in [2.05, 4.69) is 34.7 Å². The normalized spacial score (nSPS) is 10.9. The summed E-state index contributed by atoms with van der Waals surface area (Å²) in [5.74, 6) is 0. The highest BCUT2D eigenvalue weighted by molar-refractivity contribution is 9.10. The first-order chi connectivity index (χ1) is 7.99. The van der Waals surface area contributed by atoms with E-state index in [0.29, 0.717) is 15.7 Å². The Balaban J connectivity index is 3.09. The van der Waals surface area contributed by atoms with Gasteiger partial charge >= 0.3 is 0 Å². The fourth-order valence-electron chi connectivity index (χ4n) is 1.61. The maximum Gasteiger partial charge on any atom is 0.252 e. The molecule has 0 saturated heterocycles. The van der Waals surface area contributed by atoms with Crippen molar-refractivity contribution in [3.63, 3.8) is 0 Å². The van der Waals surface area contributed by atoms with Gasteiger partial charge < -0.3 is 5.73 Å². The summed E-state index contributed by atoms with van der Waals surface area (Å²) < 4.78 is 0.714. The van der Waals surface area contributed by atoms with Crippen LogP contribution >= 0.6 is 27.5 Å². The standard InChI is InChI=1S/C12H16BrClN2O/c1-3-16(4-2)7-9-5-8(12(14)17)6-10(13)11(9)15/h5-6H,3-4,7,15H2,1-2H3. The summed E-state index contributed by atoms with van der Waals surface area (Å²) in [4.78, 5) is 13.4. The van der Waals surface area contributed by atoms with Crippen molar-refractivity contribution in [1.82, 2.24) is 4.90 Å². The Hall–Kier alpha value is -0.580. The zero-order valence-electron chi connectivity index (χ0n) is 9.96. The van der Waals surface area contributed by atoms with E-state index in [1.807, 2.05) is 0 Å². The molecule has 94 valence electrons. The fourth-order valence-corrected chi connectivity index (χ4v) is 2.22. The van der Waals surface area contributed by atoms with Crippen LogP contribution in [0.25, 0.3) is 0 Å². The largest absolute Gasteiger partial charge is 0.398 e. The van der Waals surface area contributed by atoms with Crippen LogP contribution in [0, 0.1) is 0 Å². The number of benzene rings is 1. The number of nitrogen functional groups attached to an aromatic ring is 1. The minimum Gasteiger partial charge on any atom is -0.398 e. The van der Waals surface area contributed by atoms with E-state index in [4.69, 9.17) is 17.3 Å². The molecule has 0 aromatic heterocycles. The monoisotopic (exact) mass is 318 g/mol. The molecule has 0 radical (unpaired) electrons. The Morgan fingerprint density at radius 3 is 2.47 bits per heavy atom. The minimum absolute atomic E-state index is 0.466. The van der Waals surface area contributed by atoms with Gasteiger partial charge in [0.05, 0.1) is 5.69 Å². The molecule has 2 N–H and O–H groups in total. The molecule has 1 aromatic rings. The summed E-state index contributed by atoms with van der Waals surface area (Å²) >= 11 is 8.83. The van der Waals surface area contributed by atoms with Gasteiger partial charge in [-0.25, -0.2) is 0 Å². The van der Waals surface area contributed by atoms with Gasteiger partial charge in [0, 0.05) is 16.6 Å². The highest BCUT2D eigenvalue weighted by Gasteiger charge is 2.12. The van der Waals surface area contributed by atoms with Gasteiger partial charge in [-0.05, 0) is 58.3 Å². The number of hydrogen-bond donors (Lipinski definition) is 1. The lowest BCUT2D eigenvalue weighted by Crippen LogP contribution is -2.23. The van der Waals surface area contributed by atoms with Crippen molar-refractivity contribution in [3.8, 4) is 0 Å². The maximum atomic E-state index is 11.2. The molecule has 0 fully saturated rings. The van der Waals surface area contributed by atoms with Crippen LogP contribution in [0.2, 0.25) is 0 Å². The van der Waals surface area contributed by atoms with Crippen LogP contribution in [-0.2, 0) is 6.54 Å². The fraction of sp³-hybridized carbons (Fsp3) is 0.417. The summed E-state index contributed by atoms with van der Waals surface area (Å²) in [6.07, 6.45) is 0. The van der Waals surface area contributed by atoms with E-state index in [9.17, 15) is 4.79 Å². The predicted molar refractivity (Wildman–Crippen MR) is 75.4 cm³/mol. The van der Waals surface area contributed by atoms with Crippen LogP contribution in [0.1, 0.15) is 29.8 Å².